The van der Waals surface area contributed by atoms with Gasteiger partial charge in [0.15, 0.2) is 5.89 Å². The lowest BCUT2D eigenvalue weighted by Crippen LogP contribution is -2.23. The zero-order chi connectivity index (χ0) is 18.0. The Kier molecular flexibility index (Phi) is 4.74. The van der Waals surface area contributed by atoms with Crippen LogP contribution in [0.4, 0.5) is 16.2 Å². The first kappa shape index (κ1) is 17.0. The van der Waals surface area contributed by atoms with Crippen molar-refractivity contribution in [3.8, 4) is 0 Å². The molecule has 132 valence electrons. The molecular weight excluding hydrogens is 322 g/mol. The number of hydrogen-bond acceptors (Lipinski definition) is 5. The van der Waals surface area contributed by atoms with Gasteiger partial charge in [-0.2, -0.15) is 0 Å². The van der Waals surface area contributed by atoms with Crippen molar-refractivity contribution in [2.75, 3.05) is 23.4 Å². The van der Waals surface area contributed by atoms with Crippen LogP contribution in [0, 0.1) is 12.8 Å². The minimum Gasteiger partial charge on any atom is -0.447 e. The number of rotatable bonds is 5. The van der Waals surface area contributed by atoms with Gasteiger partial charge in [0.05, 0.1) is 12.2 Å². The SMILES string of the molecule is Cc1nc(CC(C)C)oc1C(=O)Nc1ccc(N2CCOC2=O)cc1. The molecule has 0 radical (unpaired) electrons. The van der Waals surface area contributed by atoms with Crippen molar-refractivity contribution >= 4 is 23.4 Å². The predicted octanol–water partition coefficient (Wildman–Crippen LogP) is 3.39. The van der Waals surface area contributed by atoms with Crippen LogP contribution < -0.4 is 10.2 Å². The predicted molar refractivity (Wildman–Crippen MR) is 92.9 cm³/mol. The van der Waals surface area contributed by atoms with Crippen LogP contribution in [-0.4, -0.2) is 30.1 Å². The molecule has 1 aliphatic rings. The van der Waals surface area contributed by atoms with Crippen LogP contribution in [0.5, 0.6) is 0 Å². The molecule has 2 amide bonds. The highest BCUT2D eigenvalue weighted by Crippen LogP contribution is 2.22. The molecule has 0 bridgehead atoms. The molecule has 1 fully saturated rings. The first-order chi connectivity index (χ1) is 11.9. The third kappa shape index (κ3) is 3.81. The number of oxazole rings is 1. The molecule has 25 heavy (non-hydrogen) atoms. The van der Waals surface area contributed by atoms with Crippen molar-refractivity contribution in [2.45, 2.75) is 27.2 Å². The summed E-state index contributed by atoms with van der Waals surface area (Å²) in [7, 11) is 0. The number of anilines is 2. The summed E-state index contributed by atoms with van der Waals surface area (Å²) in [5, 5.41) is 2.79. The van der Waals surface area contributed by atoms with Crippen molar-refractivity contribution in [3.63, 3.8) is 0 Å². The second-order valence-corrected chi connectivity index (χ2v) is 6.39. The molecule has 0 saturated carbocycles. The summed E-state index contributed by atoms with van der Waals surface area (Å²) in [6, 6.07) is 7.00. The first-order valence-corrected chi connectivity index (χ1v) is 8.26. The lowest BCUT2D eigenvalue weighted by atomic mass is 10.1. The molecule has 2 aromatic rings. The second kappa shape index (κ2) is 6.96. The summed E-state index contributed by atoms with van der Waals surface area (Å²) in [6.45, 7) is 6.81. The highest BCUT2D eigenvalue weighted by molar-refractivity contribution is 6.03. The Morgan fingerprint density at radius 1 is 1.32 bits per heavy atom. The fourth-order valence-corrected chi connectivity index (χ4v) is 2.64. The Hall–Kier alpha value is -2.83. The van der Waals surface area contributed by atoms with Gasteiger partial charge in [0, 0.05) is 17.8 Å². The minimum atomic E-state index is -0.355. The summed E-state index contributed by atoms with van der Waals surface area (Å²) in [6.07, 6.45) is 0.334. The highest BCUT2D eigenvalue weighted by Gasteiger charge is 2.23. The van der Waals surface area contributed by atoms with Crippen LogP contribution in [0.25, 0.3) is 0 Å². The molecule has 1 aromatic heterocycles. The van der Waals surface area contributed by atoms with Gasteiger partial charge in [0.2, 0.25) is 5.76 Å². The van der Waals surface area contributed by atoms with E-state index in [4.69, 9.17) is 9.15 Å². The maximum Gasteiger partial charge on any atom is 0.414 e. The standard InChI is InChI=1S/C18H21N3O4/c1-11(2)10-15-19-12(3)16(25-15)17(22)20-13-4-6-14(7-5-13)21-8-9-24-18(21)23/h4-7,11H,8-10H2,1-3H3,(H,20,22). The van der Waals surface area contributed by atoms with E-state index in [1.165, 1.54) is 0 Å². The average Bonchev–Trinajstić information content (AvgIpc) is 3.13. The number of benzene rings is 1. The quantitative estimate of drug-likeness (QED) is 0.899. The Labute approximate surface area is 146 Å². The molecule has 1 aromatic carbocycles. The van der Waals surface area contributed by atoms with E-state index in [1.807, 2.05) is 0 Å². The number of nitrogens with one attached hydrogen (secondary N) is 1. The monoisotopic (exact) mass is 343 g/mol. The van der Waals surface area contributed by atoms with E-state index in [2.05, 4.69) is 24.1 Å². The molecule has 0 atom stereocenters. The molecule has 0 aliphatic carbocycles. The third-order valence-corrected chi connectivity index (χ3v) is 3.83. The first-order valence-electron chi connectivity index (χ1n) is 8.26. The van der Waals surface area contributed by atoms with Gasteiger partial charge in [-0.25, -0.2) is 9.78 Å². The van der Waals surface area contributed by atoms with E-state index in [0.29, 0.717) is 42.8 Å². The van der Waals surface area contributed by atoms with E-state index >= 15 is 0 Å². The maximum atomic E-state index is 12.4. The van der Waals surface area contributed by atoms with Gasteiger partial charge in [-0.15, -0.1) is 0 Å². The molecule has 3 rings (SSSR count). The van der Waals surface area contributed by atoms with Gasteiger partial charge in [-0.05, 0) is 37.1 Å². The summed E-state index contributed by atoms with van der Waals surface area (Å²) in [5.41, 5.74) is 1.92. The number of carbonyl (C=O) groups excluding carboxylic acids is 2. The van der Waals surface area contributed by atoms with Crippen molar-refractivity contribution in [1.82, 2.24) is 4.98 Å². The number of amides is 2. The number of cyclic esters (lactones) is 1. The lowest BCUT2D eigenvalue weighted by molar-refractivity contribution is 0.0993. The molecule has 1 saturated heterocycles. The van der Waals surface area contributed by atoms with Crippen molar-refractivity contribution in [1.29, 1.82) is 0 Å². The van der Waals surface area contributed by atoms with Crippen LogP contribution in [0.2, 0.25) is 0 Å². The van der Waals surface area contributed by atoms with Gasteiger partial charge < -0.3 is 14.5 Å². The summed E-state index contributed by atoms with van der Waals surface area (Å²) < 4.78 is 10.5. The molecule has 0 unspecified atom stereocenters. The zero-order valence-electron chi connectivity index (χ0n) is 14.5. The van der Waals surface area contributed by atoms with Crippen molar-refractivity contribution in [2.24, 2.45) is 5.92 Å². The normalized spacial score (nSPS) is 14.1. The lowest BCUT2D eigenvalue weighted by Gasteiger charge is -2.13. The third-order valence-electron chi connectivity index (χ3n) is 3.83. The molecular formula is C18H21N3O4. The highest BCUT2D eigenvalue weighted by atomic mass is 16.6. The number of nitrogens with zero attached hydrogens (tertiary/aromatic N) is 2. The molecule has 0 spiro atoms. The second-order valence-electron chi connectivity index (χ2n) is 6.39. The average molecular weight is 343 g/mol. The largest absolute Gasteiger partial charge is 0.447 e. The molecule has 1 N–H and O–H groups in total. The van der Waals surface area contributed by atoms with Crippen LogP contribution >= 0.6 is 0 Å². The maximum absolute atomic E-state index is 12.4. The van der Waals surface area contributed by atoms with Crippen LogP contribution in [0.1, 0.15) is 36.0 Å². The van der Waals surface area contributed by atoms with Gasteiger partial charge in [0.25, 0.3) is 5.91 Å². The van der Waals surface area contributed by atoms with Crippen LogP contribution in [-0.2, 0) is 11.2 Å². The van der Waals surface area contributed by atoms with E-state index in [9.17, 15) is 9.59 Å². The fourth-order valence-electron chi connectivity index (χ4n) is 2.64. The van der Waals surface area contributed by atoms with Crippen LogP contribution in [0.15, 0.2) is 28.7 Å². The number of carbonyl (C=O) groups is 2. The summed E-state index contributed by atoms with van der Waals surface area (Å²) in [5.74, 6) is 0.857. The molecule has 7 nitrogen and oxygen atoms in total. The number of aromatic nitrogens is 1. The topological polar surface area (TPSA) is 84.7 Å². The smallest absolute Gasteiger partial charge is 0.414 e. The number of ether oxygens (including phenoxy) is 1. The van der Waals surface area contributed by atoms with E-state index in [-0.39, 0.29) is 17.8 Å². The Morgan fingerprint density at radius 3 is 2.64 bits per heavy atom. The van der Waals surface area contributed by atoms with Crippen LogP contribution in [0.3, 0.4) is 0 Å². The van der Waals surface area contributed by atoms with Crippen molar-refractivity contribution in [3.05, 3.63) is 41.6 Å². The van der Waals surface area contributed by atoms with Gasteiger partial charge in [0.1, 0.15) is 6.61 Å². The van der Waals surface area contributed by atoms with E-state index in [0.717, 1.165) is 5.69 Å². The van der Waals surface area contributed by atoms with Gasteiger partial charge >= 0.3 is 6.09 Å². The Bertz CT molecular complexity index is 780. The van der Waals surface area contributed by atoms with Gasteiger partial charge in [-0.3, -0.25) is 9.69 Å². The van der Waals surface area contributed by atoms with Gasteiger partial charge in [-0.1, -0.05) is 13.8 Å². The van der Waals surface area contributed by atoms with E-state index < -0.39 is 0 Å². The fraction of sp³-hybridized carbons (Fsp3) is 0.389. The zero-order valence-corrected chi connectivity index (χ0v) is 14.5. The summed E-state index contributed by atoms with van der Waals surface area (Å²) in [4.78, 5) is 29.8. The minimum absolute atomic E-state index is 0.225. The Morgan fingerprint density at radius 2 is 2.04 bits per heavy atom. The van der Waals surface area contributed by atoms with Crippen molar-refractivity contribution < 1.29 is 18.7 Å². The molecule has 2 heterocycles. The molecule has 1 aliphatic heterocycles. The summed E-state index contributed by atoms with van der Waals surface area (Å²) >= 11 is 0. The van der Waals surface area contributed by atoms with E-state index in [1.54, 1.807) is 36.1 Å². The Balaban J connectivity index is 1.69. The molecule has 7 heteroatoms. The number of aryl methyl sites for hydroxylation is 1. The number of hydrogen-bond donors (Lipinski definition) is 1.